The third-order valence-corrected chi connectivity index (χ3v) is 7.11. The van der Waals surface area contributed by atoms with Crippen LogP contribution in [0.2, 0.25) is 0 Å². The zero-order chi connectivity index (χ0) is 19.6. The molecule has 2 aromatic carbocycles. The number of sulfonamides is 1. The van der Waals surface area contributed by atoms with E-state index in [2.05, 4.69) is 5.32 Å². The molecule has 0 radical (unpaired) electrons. The first-order valence-electron chi connectivity index (χ1n) is 9.66. The molecule has 6 nitrogen and oxygen atoms in total. The highest BCUT2D eigenvalue weighted by Gasteiger charge is 2.29. The van der Waals surface area contributed by atoms with Gasteiger partial charge in [0, 0.05) is 25.3 Å². The molecule has 0 spiro atoms. The van der Waals surface area contributed by atoms with Crippen LogP contribution in [0.1, 0.15) is 35.2 Å². The fourth-order valence-corrected chi connectivity index (χ4v) is 5.31. The lowest BCUT2D eigenvalue weighted by Gasteiger charge is -2.30. The number of carbonyl (C=O) groups excluding carboxylic acids is 1. The molecule has 0 aromatic heterocycles. The lowest BCUT2D eigenvalue weighted by molar-refractivity contribution is 0.0857. The van der Waals surface area contributed by atoms with Gasteiger partial charge < -0.3 is 10.1 Å². The van der Waals surface area contributed by atoms with Crippen molar-refractivity contribution in [3.8, 4) is 0 Å². The highest BCUT2D eigenvalue weighted by Crippen LogP contribution is 2.31. The van der Waals surface area contributed by atoms with Crippen LogP contribution < -0.4 is 9.62 Å². The summed E-state index contributed by atoms with van der Waals surface area (Å²) in [5, 5.41) is 2.85. The Bertz CT molecular complexity index is 951. The monoisotopic (exact) mass is 400 g/mol. The van der Waals surface area contributed by atoms with Crippen molar-refractivity contribution < 1.29 is 17.9 Å². The quantitative estimate of drug-likeness (QED) is 0.837. The number of nitrogens with one attached hydrogen (secondary N) is 1. The van der Waals surface area contributed by atoms with Crippen molar-refractivity contribution in [2.75, 3.05) is 24.0 Å². The van der Waals surface area contributed by atoms with E-state index in [1.807, 2.05) is 24.3 Å². The Morgan fingerprint density at radius 1 is 1.11 bits per heavy atom. The summed E-state index contributed by atoms with van der Waals surface area (Å²) in [5.41, 5.74) is 2.23. The minimum absolute atomic E-state index is 0.0720. The number of benzene rings is 2. The van der Waals surface area contributed by atoms with Gasteiger partial charge in [-0.2, -0.15) is 0 Å². The zero-order valence-corrected chi connectivity index (χ0v) is 16.5. The standard InChI is InChI=1S/C21H24N2O4S/c24-21(22-15-18-7-4-14-27-18)17-9-11-19(12-10-17)28(25,26)23-13-3-6-16-5-1-2-8-20(16)23/h1-2,5,8-12,18H,3-4,6-7,13-15H2,(H,22,24)/t18-/m1/s1. The molecular weight excluding hydrogens is 376 g/mol. The molecule has 2 aromatic rings. The van der Waals surface area contributed by atoms with Crippen molar-refractivity contribution in [2.24, 2.45) is 0 Å². The third-order valence-electron chi connectivity index (χ3n) is 5.29. The van der Waals surface area contributed by atoms with Crippen molar-refractivity contribution >= 4 is 21.6 Å². The second kappa shape index (κ2) is 7.93. The molecule has 2 aliphatic rings. The van der Waals surface area contributed by atoms with E-state index in [-0.39, 0.29) is 16.9 Å². The fourth-order valence-electron chi connectivity index (χ4n) is 3.77. The maximum Gasteiger partial charge on any atom is 0.264 e. The van der Waals surface area contributed by atoms with Gasteiger partial charge in [-0.15, -0.1) is 0 Å². The Morgan fingerprint density at radius 3 is 2.64 bits per heavy atom. The number of rotatable bonds is 5. The molecule has 0 unspecified atom stereocenters. The SMILES string of the molecule is O=C(NC[C@H]1CCCO1)c1ccc(S(=O)(=O)N2CCCc3ccccc32)cc1. The van der Waals surface area contributed by atoms with Gasteiger partial charge in [-0.3, -0.25) is 9.10 Å². The average Bonchev–Trinajstić information content (AvgIpc) is 3.25. The predicted octanol–water partition coefficient (Wildman–Crippen LogP) is 2.74. The van der Waals surface area contributed by atoms with E-state index >= 15 is 0 Å². The van der Waals surface area contributed by atoms with Crippen LogP contribution in [0.15, 0.2) is 53.4 Å². The molecule has 1 fully saturated rings. The first-order chi connectivity index (χ1) is 13.6. The van der Waals surface area contributed by atoms with Gasteiger partial charge in [0.2, 0.25) is 0 Å². The smallest absolute Gasteiger partial charge is 0.264 e. The molecule has 2 heterocycles. The van der Waals surface area contributed by atoms with E-state index in [0.717, 1.165) is 43.5 Å². The highest BCUT2D eigenvalue weighted by molar-refractivity contribution is 7.92. The lowest BCUT2D eigenvalue weighted by atomic mass is 10.0. The van der Waals surface area contributed by atoms with Gasteiger partial charge in [0.15, 0.2) is 0 Å². The van der Waals surface area contributed by atoms with E-state index < -0.39 is 10.0 Å². The van der Waals surface area contributed by atoms with Crippen LogP contribution in [-0.4, -0.2) is 40.1 Å². The van der Waals surface area contributed by atoms with Gasteiger partial charge in [0.05, 0.1) is 16.7 Å². The zero-order valence-electron chi connectivity index (χ0n) is 15.6. The Morgan fingerprint density at radius 2 is 1.89 bits per heavy atom. The Labute approximate surface area is 165 Å². The summed E-state index contributed by atoms with van der Waals surface area (Å²) in [6.45, 7) is 1.68. The van der Waals surface area contributed by atoms with Crippen LogP contribution in [0.3, 0.4) is 0 Å². The molecule has 28 heavy (non-hydrogen) atoms. The maximum absolute atomic E-state index is 13.1. The molecule has 0 aliphatic carbocycles. The Kier molecular flexibility index (Phi) is 5.37. The van der Waals surface area contributed by atoms with Crippen LogP contribution in [0.25, 0.3) is 0 Å². The Hall–Kier alpha value is -2.38. The molecule has 1 saturated heterocycles. The van der Waals surface area contributed by atoms with Crippen molar-refractivity contribution in [1.82, 2.24) is 5.32 Å². The molecule has 1 N–H and O–H groups in total. The number of fused-ring (bicyclic) bond motifs is 1. The molecule has 0 saturated carbocycles. The number of anilines is 1. The van der Waals surface area contributed by atoms with Crippen LogP contribution >= 0.6 is 0 Å². The summed E-state index contributed by atoms with van der Waals surface area (Å²) in [5.74, 6) is -0.220. The summed E-state index contributed by atoms with van der Waals surface area (Å²) in [4.78, 5) is 12.5. The van der Waals surface area contributed by atoms with Gasteiger partial charge in [-0.1, -0.05) is 18.2 Å². The molecule has 2 aliphatic heterocycles. The van der Waals surface area contributed by atoms with E-state index in [9.17, 15) is 13.2 Å². The van der Waals surface area contributed by atoms with Crippen molar-refractivity contribution in [2.45, 2.75) is 36.7 Å². The summed E-state index contributed by atoms with van der Waals surface area (Å²) >= 11 is 0. The molecular formula is C21H24N2O4S. The first-order valence-corrected chi connectivity index (χ1v) is 11.1. The van der Waals surface area contributed by atoms with E-state index in [1.54, 1.807) is 12.1 Å². The number of para-hydroxylation sites is 1. The van der Waals surface area contributed by atoms with Gasteiger partial charge in [-0.25, -0.2) is 8.42 Å². The number of nitrogens with zero attached hydrogens (tertiary/aromatic N) is 1. The first kappa shape index (κ1) is 19.0. The number of aryl methyl sites for hydroxylation is 1. The minimum atomic E-state index is -3.66. The molecule has 148 valence electrons. The highest BCUT2D eigenvalue weighted by atomic mass is 32.2. The van der Waals surface area contributed by atoms with Gasteiger partial charge in [0.1, 0.15) is 0 Å². The molecule has 7 heteroatoms. The van der Waals surface area contributed by atoms with Gasteiger partial charge in [0.25, 0.3) is 15.9 Å². The van der Waals surface area contributed by atoms with Crippen LogP contribution in [-0.2, 0) is 21.2 Å². The van der Waals surface area contributed by atoms with E-state index in [4.69, 9.17) is 4.74 Å². The number of hydrogen-bond donors (Lipinski definition) is 1. The van der Waals surface area contributed by atoms with E-state index in [1.165, 1.54) is 16.4 Å². The number of amides is 1. The van der Waals surface area contributed by atoms with Gasteiger partial charge in [-0.05, 0) is 61.6 Å². The number of ether oxygens (including phenoxy) is 1. The summed E-state index contributed by atoms with van der Waals surface area (Å²) in [6, 6.07) is 13.7. The van der Waals surface area contributed by atoms with Crippen LogP contribution in [0, 0.1) is 0 Å². The molecule has 1 amide bonds. The van der Waals surface area contributed by atoms with Crippen molar-refractivity contribution in [1.29, 1.82) is 0 Å². The van der Waals surface area contributed by atoms with Crippen molar-refractivity contribution in [3.63, 3.8) is 0 Å². The van der Waals surface area contributed by atoms with Crippen molar-refractivity contribution in [3.05, 3.63) is 59.7 Å². The summed E-state index contributed by atoms with van der Waals surface area (Å²) in [7, 11) is -3.66. The predicted molar refractivity (Wildman–Crippen MR) is 107 cm³/mol. The molecule has 0 bridgehead atoms. The van der Waals surface area contributed by atoms with E-state index in [0.29, 0.717) is 18.7 Å². The number of carbonyl (C=O) groups is 1. The topological polar surface area (TPSA) is 75.7 Å². The third kappa shape index (κ3) is 3.77. The normalized spacial score (nSPS) is 19.3. The Balaban J connectivity index is 1.49. The minimum Gasteiger partial charge on any atom is -0.376 e. The molecule has 4 rings (SSSR count). The summed E-state index contributed by atoms with van der Waals surface area (Å²) < 4.78 is 33.2. The lowest BCUT2D eigenvalue weighted by Crippen LogP contribution is -2.35. The average molecular weight is 401 g/mol. The van der Waals surface area contributed by atoms with Crippen LogP contribution in [0.5, 0.6) is 0 Å². The summed E-state index contributed by atoms with van der Waals surface area (Å²) in [6.07, 6.45) is 3.72. The second-order valence-electron chi connectivity index (χ2n) is 7.18. The fraction of sp³-hybridized carbons (Fsp3) is 0.381. The maximum atomic E-state index is 13.1. The number of hydrogen-bond acceptors (Lipinski definition) is 4. The van der Waals surface area contributed by atoms with Gasteiger partial charge >= 0.3 is 0 Å². The second-order valence-corrected chi connectivity index (χ2v) is 9.04. The largest absolute Gasteiger partial charge is 0.376 e. The molecule has 1 atom stereocenters. The van der Waals surface area contributed by atoms with Crippen LogP contribution in [0.4, 0.5) is 5.69 Å².